The van der Waals surface area contributed by atoms with Gasteiger partial charge < -0.3 is 14.8 Å². The average Bonchev–Trinajstić information content (AvgIpc) is 3.06. The van der Waals surface area contributed by atoms with Gasteiger partial charge in [-0.3, -0.25) is 4.79 Å². The molecule has 1 saturated heterocycles. The zero-order chi connectivity index (χ0) is 14.1. The van der Waals surface area contributed by atoms with Gasteiger partial charge in [-0.1, -0.05) is 0 Å². The van der Waals surface area contributed by atoms with E-state index in [1.54, 1.807) is 6.20 Å². The van der Waals surface area contributed by atoms with Crippen molar-refractivity contribution in [2.45, 2.75) is 13.0 Å². The maximum absolute atomic E-state index is 12.8. The minimum Gasteiger partial charge on any atom is -0.336 e. The van der Waals surface area contributed by atoms with Crippen molar-refractivity contribution in [1.82, 2.24) is 19.8 Å². The van der Waals surface area contributed by atoms with Gasteiger partial charge in [0.1, 0.15) is 11.9 Å². The highest BCUT2D eigenvalue weighted by Crippen LogP contribution is 2.25. The number of aryl methyl sites for hydroxylation is 2. The van der Waals surface area contributed by atoms with Crippen LogP contribution < -0.4 is 5.32 Å². The van der Waals surface area contributed by atoms with E-state index >= 15 is 0 Å². The molecule has 0 spiro atoms. The predicted molar refractivity (Wildman–Crippen MR) is 78.9 cm³/mol. The van der Waals surface area contributed by atoms with Gasteiger partial charge in [0, 0.05) is 39.1 Å². The fourth-order valence-electron chi connectivity index (χ4n) is 2.60. The number of hydrogen-bond acceptors (Lipinski definition) is 4. The lowest BCUT2D eigenvalue weighted by atomic mass is 10.1. The van der Waals surface area contributed by atoms with Crippen molar-refractivity contribution in [3.05, 3.63) is 40.1 Å². The van der Waals surface area contributed by atoms with Crippen molar-refractivity contribution < 1.29 is 4.79 Å². The fourth-order valence-corrected chi connectivity index (χ4v) is 3.48. The number of carbonyl (C=O) groups is 1. The van der Waals surface area contributed by atoms with Crippen molar-refractivity contribution in [3.63, 3.8) is 0 Å². The Morgan fingerprint density at radius 2 is 2.40 bits per heavy atom. The lowest BCUT2D eigenvalue weighted by molar-refractivity contribution is 0.0625. The minimum atomic E-state index is -0.00208. The molecule has 1 N–H and O–H groups in total. The topological polar surface area (TPSA) is 50.2 Å². The molecule has 1 aliphatic heterocycles. The van der Waals surface area contributed by atoms with Gasteiger partial charge in [0.05, 0.1) is 4.88 Å². The van der Waals surface area contributed by atoms with E-state index in [0.29, 0.717) is 6.54 Å². The van der Waals surface area contributed by atoms with Crippen LogP contribution in [0.15, 0.2) is 23.8 Å². The van der Waals surface area contributed by atoms with E-state index in [2.05, 4.69) is 10.3 Å². The second kappa shape index (κ2) is 5.38. The Morgan fingerprint density at radius 3 is 3.05 bits per heavy atom. The predicted octanol–water partition coefficient (Wildman–Crippen LogP) is 1.58. The molecule has 5 nitrogen and oxygen atoms in total. The Hall–Kier alpha value is -1.66. The van der Waals surface area contributed by atoms with E-state index in [-0.39, 0.29) is 11.9 Å². The van der Waals surface area contributed by atoms with Crippen LogP contribution in [0.4, 0.5) is 0 Å². The molecule has 3 heterocycles. The van der Waals surface area contributed by atoms with Crippen LogP contribution in [0.2, 0.25) is 0 Å². The molecule has 3 rings (SSSR count). The van der Waals surface area contributed by atoms with Gasteiger partial charge in [0.15, 0.2) is 0 Å². The SMILES string of the molecule is Cc1ccsc1C(=O)N1CCNCC1c1nccn1C. The quantitative estimate of drug-likeness (QED) is 0.913. The third-order valence-electron chi connectivity index (χ3n) is 3.72. The Morgan fingerprint density at radius 1 is 1.55 bits per heavy atom. The summed E-state index contributed by atoms with van der Waals surface area (Å²) in [6.07, 6.45) is 3.70. The highest BCUT2D eigenvalue weighted by Gasteiger charge is 2.31. The molecule has 0 aromatic carbocycles. The molecular formula is C14H18N4OS. The maximum Gasteiger partial charge on any atom is 0.264 e. The standard InChI is InChI=1S/C14H18N4OS/c1-10-3-8-20-12(10)14(19)18-7-4-15-9-11(18)13-16-5-6-17(13)2/h3,5-6,8,11,15H,4,7,9H2,1-2H3. The molecule has 106 valence electrons. The normalized spacial score (nSPS) is 19.3. The van der Waals surface area contributed by atoms with E-state index in [1.165, 1.54) is 11.3 Å². The van der Waals surface area contributed by atoms with Crippen LogP contribution >= 0.6 is 11.3 Å². The average molecular weight is 290 g/mol. The molecule has 1 unspecified atom stereocenters. The van der Waals surface area contributed by atoms with Gasteiger partial charge in [0.2, 0.25) is 0 Å². The number of rotatable bonds is 2. The van der Waals surface area contributed by atoms with Crippen LogP contribution in [0.5, 0.6) is 0 Å². The molecule has 2 aromatic rings. The van der Waals surface area contributed by atoms with E-state index in [1.807, 2.05) is 41.1 Å². The van der Waals surface area contributed by atoms with Crippen LogP contribution in [0.25, 0.3) is 0 Å². The molecule has 20 heavy (non-hydrogen) atoms. The van der Waals surface area contributed by atoms with Gasteiger partial charge in [-0.15, -0.1) is 11.3 Å². The monoisotopic (exact) mass is 290 g/mol. The molecule has 6 heteroatoms. The molecule has 1 amide bonds. The van der Waals surface area contributed by atoms with Gasteiger partial charge in [-0.25, -0.2) is 4.98 Å². The fraction of sp³-hybridized carbons (Fsp3) is 0.429. The minimum absolute atomic E-state index is 0.00208. The first-order valence-corrected chi connectivity index (χ1v) is 7.59. The van der Waals surface area contributed by atoms with Crippen molar-refractivity contribution in [1.29, 1.82) is 0 Å². The summed E-state index contributed by atoms with van der Waals surface area (Å²) in [4.78, 5) is 20.0. The summed E-state index contributed by atoms with van der Waals surface area (Å²) in [5.41, 5.74) is 1.05. The van der Waals surface area contributed by atoms with Crippen molar-refractivity contribution in [3.8, 4) is 0 Å². The van der Waals surface area contributed by atoms with E-state index < -0.39 is 0 Å². The zero-order valence-corrected chi connectivity index (χ0v) is 12.5. The number of amides is 1. The number of nitrogens with one attached hydrogen (secondary N) is 1. The van der Waals surface area contributed by atoms with Crippen molar-refractivity contribution in [2.75, 3.05) is 19.6 Å². The second-order valence-corrected chi connectivity index (χ2v) is 5.96. The molecule has 1 fully saturated rings. The smallest absolute Gasteiger partial charge is 0.264 e. The van der Waals surface area contributed by atoms with Crippen molar-refractivity contribution in [2.24, 2.45) is 7.05 Å². The highest BCUT2D eigenvalue weighted by atomic mass is 32.1. The number of carbonyl (C=O) groups excluding carboxylic acids is 1. The molecule has 0 bridgehead atoms. The number of piperazine rings is 1. The molecule has 0 saturated carbocycles. The maximum atomic E-state index is 12.8. The van der Waals surface area contributed by atoms with E-state index in [0.717, 1.165) is 29.4 Å². The van der Waals surface area contributed by atoms with Crippen LogP contribution in [-0.2, 0) is 7.05 Å². The van der Waals surface area contributed by atoms with Crippen LogP contribution in [0.3, 0.4) is 0 Å². The summed E-state index contributed by atoms with van der Waals surface area (Å²) in [5, 5.41) is 5.32. The Balaban J connectivity index is 1.92. The van der Waals surface area contributed by atoms with Gasteiger partial charge in [-0.2, -0.15) is 0 Å². The number of imidazole rings is 1. The molecule has 1 aliphatic rings. The number of nitrogens with zero attached hydrogens (tertiary/aromatic N) is 3. The van der Waals surface area contributed by atoms with Crippen molar-refractivity contribution >= 4 is 17.2 Å². The summed E-state index contributed by atoms with van der Waals surface area (Å²) in [5.74, 6) is 1.05. The number of thiophene rings is 1. The summed E-state index contributed by atoms with van der Waals surface area (Å²) >= 11 is 1.52. The lowest BCUT2D eigenvalue weighted by Gasteiger charge is -2.35. The lowest BCUT2D eigenvalue weighted by Crippen LogP contribution is -2.49. The number of hydrogen-bond donors (Lipinski definition) is 1. The summed E-state index contributed by atoms with van der Waals surface area (Å²) in [6, 6.07) is 1.99. The summed E-state index contributed by atoms with van der Waals surface area (Å²) < 4.78 is 1.99. The molecule has 2 aromatic heterocycles. The third kappa shape index (κ3) is 2.25. The van der Waals surface area contributed by atoms with Gasteiger partial charge in [0.25, 0.3) is 5.91 Å². The van der Waals surface area contributed by atoms with E-state index in [4.69, 9.17) is 0 Å². The van der Waals surface area contributed by atoms with Gasteiger partial charge in [-0.05, 0) is 23.9 Å². The third-order valence-corrected chi connectivity index (χ3v) is 4.72. The second-order valence-electron chi connectivity index (χ2n) is 5.05. The number of aromatic nitrogens is 2. The van der Waals surface area contributed by atoms with Crippen LogP contribution in [-0.4, -0.2) is 40.0 Å². The summed E-state index contributed by atoms with van der Waals surface area (Å²) in [7, 11) is 1.97. The molecular weight excluding hydrogens is 272 g/mol. The zero-order valence-electron chi connectivity index (χ0n) is 11.7. The van der Waals surface area contributed by atoms with Crippen LogP contribution in [0, 0.1) is 6.92 Å². The van der Waals surface area contributed by atoms with Gasteiger partial charge >= 0.3 is 0 Å². The first-order chi connectivity index (χ1) is 9.68. The van der Waals surface area contributed by atoms with Crippen LogP contribution in [0.1, 0.15) is 27.1 Å². The molecule has 1 atom stereocenters. The Bertz CT molecular complexity index is 618. The Labute approximate surface area is 122 Å². The van der Waals surface area contributed by atoms with E-state index in [9.17, 15) is 4.79 Å². The Kier molecular flexibility index (Phi) is 3.58. The first-order valence-electron chi connectivity index (χ1n) is 6.71. The summed E-state index contributed by atoms with van der Waals surface area (Å²) in [6.45, 7) is 4.29. The molecule has 0 aliphatic carbocycles. The largest absolute Gasteiger partial charge is 0.336 e. The first kappa shape index (κ1) is 13.3. The molecule has 0 radical (unpaired) electrons. The highest BCUT2D eigenvalue weighted by molar-refractivity contribution is 7.12.